The predicted molar refractivity (Wildman–Crippen MR) is 482 cm³/mol. The molecule has 0 saturated carbocycles. The zero-order valence-corrected chi connectivity index (χ0v) is 79.4. The van der Waals surface area contributed by atoms with E-state index in [1.165, 1.54) is 53.1 Å². The average Bonchev–Trinajstić information content (AvgIpc) is 0.868. The monoisotopic (exact) mass is 1860 g/mol. The Balaban J connectivity index is 0. The van der Waals surface area contributed by atoms with Gasteiger partial charge >= 0.3 is 5.97 Å². The van der Waals surface area contributed by atoms with Gasteiger partial charge in [0.1, 0.15) is 14.0 Å². The second kappa shape index (κ2) is 59.4. The van der Waals surface area contributed by atoms with Crippen LogP contribution in [0.5, 0.6) is 5.88 Å². The zero-order valence-electron chi connectivity index (χ0n) is 66.2. The van der Waals surface area contributed by atoms with Crippen molar-refractivity contribution in [2.75, 3.05) is 91.2 Å². The first-order valence-electron chi connectivity index (χ1n) is 34.4. The minimum absolute atomic E-state index is 0.0106. The lowest BCUT2D eigenvalue weighted by molar-refractivity contribution is -0.139. The topological polar surface area (TPSA) is 266 Å². The molecule has 0 bridgehead atoms. The SMILES string of the molecule is CC(C)N(C(=O)SCC(Cl)=C(Cl)Cl)C(C)C.CC(C)N(C(=O)SCC(Cl)=C(Cl)Cl)C(C)C.CCN(CC)C(=O)SCc1ccc(Cl)cc1.CCN(CC)C(=O)SCc1ccc(Cl)cc1.CCNc1nc(NC(C)(C)C)nc(SC)n1.CCNc1nc(NC(C)(C)C)nc(SC)n1.O=C(O)COc1nc(Cl)c(Cl)cc1Cl. The third-order valence-electron chi connectivity index (χ3n) is 12.7. The molecule has 0 aliphatic rings. The molecule has 0 saturated heterocycles. The number of carbonyl (C=O) groups is 5. The average molecular weight is 1860 g/mol. The van der Waals surface area contributed by atoms with Crippen molar-refractivity contribution in [3.63, 3.8) is 0 Å². The Morgan fingerprint density at radius 3 is 1.05 bits per heavy atom. The Hall–Kier alpha value is -3.27. The molecule has 22 nitrogen and oxygen atoms in total. The summed E-state index contributed by atoms with van der Waals surface area (Å²) in [6.45, 7) is 44.4. The number of ether oxygens (including phenoxy) is 1. The van der Waals surface area contributed by atoms with Crippen molar-refractivity contribution in [1.29, 1.82) is 0 Å². The molecule has 3 heterocycles. The highest BCUT2D eigenvalue weighted by atomic mass is 35.5. The predicted octanol–water partition coefficient (Wildman–Crippen LogP) is 24.7. The lowest BCUT2D eigenvalue weighted by Crippen LogP contribution is -2.39. The van der Waals surface area contributed by atoms with E-state index >= 15 is 0 Å². The number of aliphatic carboxylic acids is 1. The fourth-order valence-corrected chi connectivity index (χ4v) is 14.2. The van der Waals surface area contributed by atoms with Gasteiger partial charge in [-0.05, 0) is 192 Å². The maximum Gasteiger partial charge on any atom is 0.341 e. The number of nitrogens with one attached hydrogen (secondary N) is 4. The molecule has 0 spiro atoms. The Bertz CT molecular complexity index is 3390. The molecule has 0 fully saturated rings. The van der Waals surface area contributed by atoms with Gasteiger partial charge in [-0.1, -0.05) is 222 Å². The summed E-state index contributed by atoms with van der Waals surface area (Å²) < 4.78 is 4.78. The molecule has 5 rings (SSSR count). The lowest BCUT2D eigenvalue weighted by Gasteiger charge is -2.30. The molecule has 620 valence electrons. The first-order chi connectivity index (χ1) is 51.3. The number of pyridine rings is 1. The molecular weight excluding hydrogens is 1760 g/mol. The first-order valence-corrected chi connectivity index (χ1v) is 44.9. The molecule has 0 atom stereocenters. The van der Waals surface area contributed by atoms with Crippen molar-refractivity contribution in [3.8, 4) is 5.88 Å². The third-order valence-corrected chi connectivity index (χ3v) is 21.3. The second-order valence-corrected chi connectivity index (χ2v) is 35.4. The molecule has 5 N–H and O–H groups in total. The quantitative estimate of drug-likeness (QED) is 0.0242. The molecule has 5 aromatic rings. The fraction of sp³-hybridized carbons (Fsp3) is 0.549. The summed E-state index contributed by atoms with van der Waals surface area (Å²) in [6.07, 6.45) is 3.90. The maximum absolute atomic E-state index is 11.9. The van der Waals surface area contributed by atoms with Crippen LogP contribution in [-0.4, -0.2) is 192 Å². The van der Waals surface area contributed by atoms with Crippen LogP contribution in [0.2, 0.25) is 25.2 Å². The van der Waals surface area contributed by atoms with E-state index < -0.39 is 12.6 Å². The molecular formula is C71H106Cl11N15O7S6. The Morgan fingerprint density at radius 2 is 0.782 bits per heavy atom. The number of benzene rings is 2. The van der Waals surface area contributed by atoms with Crippen LogP contribution in [0.4, 0.5) is 43.0 Å². The number of halogens is 11. The van der Waals surface area contributed by atoms with E-state index in [1.54, 1.807) is 9.80 Å². The number of carbonyl (C=O) groups excluding carboxylic acids is 4. The van der Waals surface area contributed by atoms with Crippen LogP contribution in [0.1, 0.15) is 150 Å². The standard InChI is InChI=1S/2C12H16ClNOS.2C10H16Cl3NOS.2C10H19N5S.C7H4Cl3NO3/c2*1-3-14(4-2)12(15)16-9-10-5-7-11(13)8-6-10;2*1-6(2)14(7(3)4)10(15)16-5-8(11)9(12)13;2*1-6-11-7-12-8(15-10(2,3)4)14-9(13-7)16-5;8-3-1-4(9)7(11-6(3)10)14-2-5(12)13/h2*5-8H,3-4,9H2,1-2H3;2*6-7H,5H2,1-4H3;2*6H2,1-5H3,(H2,11,12,13,14,15);1H,2H2,(H,12,13). The van der Waals surface area contributed by atoms with E-state index in [1.807, 2.05) is 168 Å². The molecule has 0 aliphatic heterocycles. The van der Waals surface area contributed by atoms with Gasteiger partial charge in [0.15, 0.2) is 22.1 Å². The molecule has 0 unspecified atom stereocenters. The first kappa shape index (κ1) is 109. The summed E-state index contributed by atoms with van der Waals surface area (Å²) in [4.78, 5) is 94.0. The Kier molecular flexibility index (Phi) is 58.7. The molecule has 3 aromatic heterocycles. The van der Waals surface area contributed by atoms with E-state index in [4.69, 9.17) is 137 Å². The number of aromatic nitrogens is 7. The van der Waals surface area contributed by atoms with Crippen molar-refractivity contribution in [3.05, 3.63) is 110 Å². The maximum atomic E-state index is 11.9. The molecule has 0 radical (unpaired) electrons. The van der Waals surface area contributed by atoms with Gasteiger partial charge in [0.05, 0.1) is 15.1 Å². The number of rotatable bonds is 27. The molecule has 39 heteroatoms. The minimum atomic E-state index is -1.13. The number of thioether (sulfide) groups is 6. The van der Waals surface area contributed by atoms with Crippen LogP contribution >= 0.6 is 198 Å². The van der Waals surface area contributed by atoms with Crippen LogP contribution in [0.3, 0.4) is 0 Å². The third kappa shape index (κ3) is 50.3. The second-order valence-electron chi connectivity index (χ2n) is 25.3. The number of carboxylic acids is 1. The molecule has 0 aliphatic carbocycles. The Morgan fingerprint density at radius 1 is 0.464 bits per heavy atom. The lowest BCUT2D eigenvalue weighted by atomic mass is 10.1. The summed E-state index contributed by atoms with van der Waals surface area (Å²) in [7, 11) is 0. The molecule has 110 heavy (non-hydrogen) atoms. The van der Waals surface area contributed by atoms with Gasteiger partial charge in [-0.25, -0.2) is 4.79 Å². The van der Waals surface area contributed by atoms with Gasteiger partial charge in [0, 0.05) is 108 Å². The summed E-state index contributed by atoms with van der Waals surface area (Å²) >= 11 is 69.8. The summed E-state index contributed by atoms with van der Waals surface area (Å²) in [6, 6.07) is 17.2. The smallest absolute Gasteiger partial charge is 0.341 e. The highest BCUT2D eigenvalue weighted by molar-refractivity contribution is 8.14. The van der Waals surface area contributed by atoms with Gasteiger partial charge in [0.2, 0.25) is 29.7 Å². The van der Waals surface area contributed by atoms with Crippen molar-refractivity contribution >= 4 is 249 Å². The summed E-state index contributed by atoms with van der Waals surface area (Å²) in [5.41, 5.74) is 2.13. The van der Waals surface area contributed by atoms with Crippen molar-refractivity contribution in [1.82, 2.24) is 54.5 Å². The minimum Gasteiger partial charge on any atom is -0.479 e. The van der Waals surface area contributed by atoms with Crippen molar-refractivity contribution in [2.24, 2.45) is 0 Å². The Labute approximate surface area is 732 Å². The number of carboxylic acid groups (broad SMARTS) is 1. The van der Waals surface area contributed by atoms with Gasteiger partial charge < -0.3 is 50.7 Å². The number of hydrogen-bond acceptors (Lipinski definition) is 23. The zero-order chi connectivity index (χ0) is 84.8. The van der Waals surface area contributed by atoms with Crippen LogP contribution in [0.25, 0.3) is 0 Å². The van der Waals surface area contributed by atoms with Crippen LogP contribution < -0.4 is 26.0 Å². The van der Waals surface area contributed by atoms with Gasteiger partial charge in [-0.3, -0.25) is 19.2 Å². The van der Waals surface area contributed by atoms with Crippen molar-refractivity contribution < 1.29 is 33.8 Å². The van der Waals surface area contributed by atoms with E-state index in [0.717, 1.165) is 94.3 Å². The van der Waals surface area contributed by atoms with E-state index in [-0.39, 0.29) is 86.3 Å². The van der Waals surface area contributed by atoms with Crippen LogP contribution in [0, 0.1) is 0 Å². The van der Waals surface area contributed by atoms with Gasteiger partial charge in [0.25, 0.3) is 21.0 Å². The number of hydrogen-bond donors (Lipinski definition) is 5. The van der Waals surface area contributed by atoms with E-state index in [0.29, 0.717) is 56.9 Å². The molecule has 4 amide bonds. The van der Waals surface area contributed by atoms with Gasteiger partial charge in [-0.15, -0.1) is 0 Å². The number of amides is 4. The fourth-order valence-electron chi connectivity index (χ4n) is 7.95. The van der Waals surface area contributed by atoms with Crippen LogP contribution in [0.15, 0.2) is 84.0 Å². The van der Waals surface area contributed by atoms with Gasteiger partial charge in [-0.2, -0.15) is 34.9 Å². The molecule has 2 aromatic carbocycles. The number of nitrogens with zero attached hydrogens (tertiary/aromatic N) is 11. The summed E-state index contributed by atoms with van der Waals surface area (Å²) in [5.74, 6) is 3.29. The number of anilines is 4. The van der Waals surface area contributed by atoms with E-state index in [2.05, 4.69) is 97.7 Å². The highest BCUT2D eigenvalue weighted by Crippen LogP contribution is 2.31. The largest absolute Gasteiger partial charge is 0.479 e. The van der Waals surface area contributed by atoms with Crippen LogP contribution in [-0.2, 0) is 16.3 Å². The summed E-state index contributed by atoms with van der Waals surface area (Å²) in [5, 5.41) is 25.0. The highest BCUT2D eigenvalue weighted by Gasteiger charge is 2.23. The normalized spacial score (nSPS) is 10.7. The van der Waals surface area contributed by atoms with Crippen molar-refractivity contribution in [2.45, 2.75) is 196 Å². The van der Waals surface area contributed by atoms with E-state index in [9.17, 15) is 24.0 Å².